The van der Waals surface area contributed by atoms with Crippen LogP contribution in [0.25, 0.3) is 0 Å². The van der Waals surface area contributed by atoms with Gasteiger partial charge in [-0.15, -0.1) is 0 Å². The third kappa shape index (κ3) is 5.12. The van der Waals surface area contributed by atoms with E-state index in [4.69, 9.17) is 16.3 Å². The van der Waals surface area contributed by atoms with Crippen LogP contribution in [0.4, 0.5) is 19.3 Å². The van der Waals surface area contributed by atoms with Gasteiger partial charge in [-0.05, 0) is 32.9 Å². The zero-order chi connectivity index (χ0) is 17.9. The fourth-order valence-electron chi connectivity index (χ4n) is 2.40. The van der Waals surface area contributed by atoms with Crippen molar-refractivity contribution in [1.29, 1.82) is 0 Å². The van der Waals surface area contributed by atoms with Crippen molar-refractivity contribution in [3.63, 3.8) is 0 Å². The van der Waals surface area contributed by atoms with Gasteiger partial charge in [0.2, 0.25) is 0 Å². The molecule has 0 radical (unpaired) electrons. The van der Waals surface area contributed by atoms with Crippen LogP contribution in [-0.4, -0.2) is 49.4 Å². The average Bonchev–Trinajstić information content (AvgIpc) is 2.45. The van der Waals surface area contributed by atoms with Crippen LogP contribution in [-0.2, 0) is 4.74 Å². The largest absolute Gasteiger partial charge is 0.444 e. The summed E-state index contributed by atoms with van der Waals surface area (Å²) in [6.45, 7) is 4.34. The van der Waals surface area contributed by atoms with E-state index in [0.29, 0.717) is 36.9 Å². The number of hydrogen-bond acceptors (Lipinski definition) is 4. The van der Waals surface area contributed by atoms with Crippen LogP contribution < -0.4 is 9.64 Å². The van der Waals surface area contributed by atoms with Gasteiger partial charge in [-0.25, -0.2) is 4.79 Å². The molecule has 0 atom stereocenters. The van der Waals surface area contributed by atoms with E-state index in [0.717, 1.165) is 0 Å². The third-order valence-corrected chi connectivity index (χ3v) is 3.65. The summed E-state index contributed by atoms with van der Waals surface area (Å²) in [6, 6.07) is 4.63. The minimum Gasteiger partial charge on any atom is -0.444 e. The van der Waals surface area contributed by atoms with Gasteiger partial charge in [0.25, 0.3) is 0 Å². The monoisotopic (exact) mass is 362 g/mol. The van der Waals surface area contributed by atoms with Gasteiger partial charge in [0, 0.05) is 37.3 Å². The zero-order valence-electron chi connectivity index (χ0n) is 13.9. The van der Waals surface area contributed by atoms with Gasteiger partial charge in [-0.1, -0.05) is 11.6 Å². The molecule has 1 aliphatic rings. The number of ether oxygens (including phenoxy) is 2. The average molecular weight is 363 g/mol. The number of halogens is 3. The minimum absolute atomic E-state index is 0.0308. The summed E-state index contributed by atoms with van der Waals surface area (Å²) in [6.07, 6.45) is -0.373. The number of alkyl halides is 2. The molecule has 1 aromatic rings. The number of piperazine rings is 1. The fraction of sp³-hybridized carbons (Fsp3) is 0.562. The second-order valence-electron chi connectivity index (χ2n) is 6.44. The molecule has 134 valence electrons. The Morgan fingerprint density at radius 3 is 2.38 bits per heavy atom. The minimum atomic E-state index is -2.93. The lowest BCUT2D eigenvalue weighted by atomic mass is 10.2. The Labute approximate surface area is 145 Å². The van der Waals surface area contributed by atoms with E-state index in [1.54, 1.807) is 17.0 Å². The molecule has 0 N–H and O–H groups in total. The van der Waals surface area contributed by atoms with Crippen molar-refractivity contribution in [2.45, 2.75) is 33.0 Å². The Bertz CT molecular complexity index is 585. The molecule has 0 unspecified atom stereocenters. The third-order valence-electron chi connectivity index (χ3n) is 3.41. The predicted molar refractivity (Wildman–Crippen MR) is 88.1 cm³/mol. The first kappa shape index (κ1) is 18.6. The lowest BCUT2D eigenvalue weighted by Crippen LogP contribution is -2.50. The summed E-state index contributed by atoms with van der Waals surface area (Å²) in [5.74, 6) is 0.0308. The molecular formula is C16H21ClF2N2O3. The Morgan fingerprint density at radius 1 is 1.21 bits per heavy atom. The molecule has 0 aromatic heterocycles. The fourth-order valence-corrected chi connectivity index (χ4v) is 2.56. The number of nitrogens with zero attached hydrogens (tertiary/aromatic N) is 2. The van der Waals surface area contributed by atoms with Crippen molar-refractivity contribution >= 4 is 23.4 Å². The highest BCUT2D eigenvalue weighted by molar-refractivity contribution is 6.30. The van der Waals surface area contributed by atoms with E-state index in [1.807, 2.05) is 25.7 Å². The molecule has 0 saturated carbocycles. The van der Waals surface area contributed by atoms with E-state index in [1.165, 1.54) is 6.07 Å². The van der Waals surface area contributed by atoms with Gasteiger partial charge < -0.3 is 19.3 Å². The number of rotatable bonds is 3. The van der Waals surface area contributed by atoms with Crippen LogP contribution in [0.15, 0.2) is 18.2 Å². The first-order chi connectivity index (χ1) is 11.2. The maximum absolute atomic E-state index is 12.6. The molecule has 5 nitrogen and oxygen atoms in total. The van der Waals surface area contributed by atoms with Gasteiger partial charge in [-0.3, -0.25) is 0 Å². The molecule has 0 aliphatic carbocycles. The lowest BCUT2D eigenvalue weighted by Gasteiger charge is -2.37. The molecule has 1 saturated heterocycles. The van der Waals surface area contributed by atoms with Crippen LogP contribution >= 0.6 is 11.6 Å². The standard InChI is InChI=1S/C16H21ClF2N2O3/c1-16(2,3)24-15(22)21-8-6-20(7-9-21)12-5-4-11(17)10-13(12)23-14(18)19/h4-5,10,14H,6-9H2,1-3H3. The smallest absolute Gasteiger partial charge is 0.410 e. The summed E-state index contributed by atoms with van der Waals surface area (Å²) < 4.78 is 35.0. The molecule has 1 amide bonds. The van der Waals surface area contributed by atoms with Crippen LogP contribution in [0.3, 0.4) is 0 Å². The Hall–Kier alpha value is -1.76. The van der Waals surface area contributed by atoms with Gasteiger partial charge in [0.1, 0.15) is 5.60 Å². The summed E-state index contributed by atoms with van der Waals surface area (Å²) in [7, 11) is 0. The molecule has 24 heavy (non-hydrogen) atoms. The van der Waals surface area contributed by atoms with E-state index in [2.05, 4.69) is 4.74 Å². The highest BCUT2D eigenvalue weighted by atomic mass is 35.5. The molecule has 1 aliphatic heterocycles. The number of anilines is 1. The Morgan fingerprint density at radius 2 is 1.83 bits per heavy atom. The number of amides is 1. The van der Waals surface area contributed by atoms with Crippen molar-refractivity contribution in [3.05, 3.63) is 23.2 Å². The van der Waals surface area contributed by atoms with Crippen LogP contribution in [0.5, 0.6) is 5.75 Å². The predicted octanol–water partition coefficient (Wildman–Crippen LogP) is 4.00. The van der Waals surface area contributed by atoms with Crippen LogP contribution in [0.2, 0.25) is 5.02 Å². The topological polar surface area (TPSA) is 42.0 Å². The summed E-state index contributed by atoms with van der Waals surface area (Å²) in [5.41, 5.74) is -0.0219. The molecule has 1 heterocycles. The second kappa shape index (κ2) is 7.42. The van der Waals surface area contributed by atoms with Crippen molar-refractivity contribution in [1.82, 2.24) is 4.90 Å². The molecule has 1 aromatic carbocycles. The summed E-state index contributed by atoms with van der Waals surface area (Å²) in [5, 5.41) is 0.321. The number of benzene rings is 1. The van der Waals surface area contributed by atoms with Crippen LogP contribution in [0.1, 0.15) is 20.8 Å². The number of carbonyl (C=O) groups excluding carboxylic acids is 1. The molecule has 2 rings (SSSR count). The summed E-state index contributed by atoms with van der Waals surface area (Å²) in [4.78, 5) is 15.5. The van der Waals surface area contributed by atoms with Crippen molar-refractivity contribution in [3.8, 4) is 5.75 Å². The molecular weight excluding hydrogens is 342 g/mol. The molecule has 1 fully saturated rings. The lowest BCUT2D eigenvalue weighted by molar-refractivity contribution is -0.0495. The first-order valence-electron chi connectivity index (χ1n) is 7.63. The van der Waals surface area contributed by atoms with E-state index in [9.17, 15) is 13.6 Å². The van der Waals surface area contributed by atoms with Gasteiger partial charge >= 0.3 is 12.7 Å². The first-order valence-corrected chi connectivity index (χ1v) is 8.01. The summed E-state index contributed by atoms with van der Waals surface area (Å²) >= 11 is 5.85. The second-order valence-corrected chi connectivity index (χ2v) is 6.88. The number of carbonyl (C=O) groups is 1. The highest BCUT2D eigenvalue weighted by Crippen LogP contribution is 2.33. The van der Waals surface area contributed by atoms with Crippen molar-refractivity contribution in [2.24, 2.45) is 0 Å². The van der Waals surface area contributed by atoms with Crippen LogP contribution in [0, 0.1) is 0 Å². The Kier molecular flexibility index (Phi) is 5.74. The maximum atomic E-state index is 12.6. The van der Waals surface area contributed by atoms with Gasteiger partial charge in [0.05, 0.1) is 5.69 Å². The van der Waals surface area contributed by atoms with E-state index < -0.39 is 12.2 Å². The normalized spacial score (nSPS) is 15.6. The molecule has 8 heteroatoms. The zero-order valence-corrected chi connectivity index (χ0v) is 14.6. The quantitative estimate of drug-likeness (QED) is 0.815. The van der Waals surface area contributed by atoms with E-state index in [-0.39, 0.29) is 11.8 Å². The molecule has 0 spiro atoms. The van der Waals surface area contributed by atoms with Gasteiger partial charge in [-0.2, -0.15) is 8.78 Å². The highest BCUT2D eigenvalue weighted by Gasteiger charge is 2.27. The van der Waals surface area contributed by atoms with Crippen molar-refractivity contribution in [2.75, 3.05) is 31.1 Å². The SMILES string of the molecule is CC(C)(C)OC(=O)N1CCN(c2ccc(Cl)cc2OC(F)F)CC1. The van der Waals surface area contributed by atoms with Crippen molar-refractivity contribution < 1.29 is 23.0 Å². The van der Waals surface area contributed by atoms with E-state index >= 15 is 0 Å². The maximum Gasteiger partial charge on any atom is 0.410 e. The number of hydrogen-bond donors (Lipinski definition) is 0. The molecule has 0 bridgehead atoms. The van der Waals surface area contributed by atoms with Gasteiger partial charge in [0.15, 0.2) is 5.75 Å². The Balaban J connectivity index is 2.03.